The first-order valence-electron chi connectivity index (χ1n) is 8.90. The monoisotopic (exact) mass is 351 g/mol. The molecule has 26 heavy (non-hydrogen) atoms. The number of carbonyl (C=O) groups is 1. The van der Waals surface area contributed by atoms with E-state index in [4.69, 9.17) is 5.41 Å². The summed E-state index contributed by atoms with van der Waals surface area (Å²) < 4.78 is 13.9. The molecule has 134 valence electrons. The van der Waals surface area contributed by atoms with Gasteiger partial charge in [0.15, 0.2) is 5.96 Å². The van der Waals surface area contributed by atoms with Crippen molar-refractivity contribution in [3.8, 4) is 0 Å². The van der Waals surface area contributed by atoms with Crippen molar-refractivity contribution in [3.05, 3.63) is 71.0 Å². The van der Waals surface area contributed by atoms with Crippen molar-refractivity contribution in [2.45, 2.75) is 37.1 Å². The summed E-state index contributed by atoms with van der Waals surface area (Å²) in [7, 11) is 1.59. The summed E-state index contributed by atoms with van der Waals surface area (Å²) in [6.07, 6.45) is 2.45. The molecule has 1 saturated heterocycles. The van der Waals surface area contributed by atoms with Crippen LogP contribution in [0, 0.1) is 11.2 Å². The molecule has 0 unspecified atom stereocenters. The van der Waals surface area contributed by atoms with E-state index in [1.807, 2.05) is 19.1 Å². The quantitative estimate of drug-likeness (QED) is 0.886. The van der Waals surface area contributed by atoms with Crippen LogP contribution in [-0.4, -0.2) is 23.8 Å². The molecular weight excluding hydrogens is 329 g/mol. The number of hydrogen-bond acceptors (Lipinski definition) is 2. The Morgan fingerprint density at radius 2 is 1.81 bits per heavy atom. The van der Waals surface area contributed by atoms with Crippen molar-refractivity contribution < 1.29 is 9.18 Å². The second-order valence-electron chi connectivity index (χ2n) is 7.46. The first-order chi connectivity index (χ1) is 12.4. The van der Waals surface area contributed by atoms with Crippen LogP contribution in [-0.2, 0) is 10.3 Å². The van der Waals surface area contributed by atoms with Gasteiger partial charge in [0.2, 0.25) is 5.91 Å². The van der Waals surface area contributed by atoms with Crippen LogP contribution < -0.4 is 5.32 Å². The molecule has 1 aliphatic heterocycles. The first-order valence-corrected chi connectivity index (χ1v) is 8.90. The number of nitrogens with one attached hydrogen (secondary N) is 2. The Kier molecular flexibility index (Phi) is 3.83. The van der Waals surface area contributed by atoms with Crippen molar-refractivity contribution >= 4 is 11.9 Å². The minimum atomic E-state index is -0.899. The predicted molar refractivity (Wildman–Crippen MR) is 98.5 cm³/mol. The highest BCUT2D eigenvalue weighted by Gasteiger charge is 2.48. The normalized spacial score (nSPS) is 26.0. The van der Waals surface area contributed by atoms with E-state index in [0.29, 0.717) is 11.5 Å². The van der Waals surface area contributed by atoms with Crippen molar-refractivity contribution in [2.75, 3.05) is 7.05 Å². The van der Waals surface area contributed by atoms with Gasteiger partial charge in [0.05, 0.1) is 11.5 Å². The lowest BCUT2D eigenvalue weighted by molar-refractivity contribution is -0.131. The Morgan fingerprint density at radius 1 is 1.15 bits per heavy atom. The summed E-state index contributed by atoms with van der Waals surface area (Å²) in [6.45, 7) is 1.86. The fraction of sp³-hybridized carbons (Fsp3) is 0.333. The Bertz CT molecular complexity index is 875. The van der Waals surface area contributed by atoms with Crippen LogP contribution in [0.2, 0.25) is 0 Å². The zero-order valence-corrected chi connectivity index (χ0v) is 14.9. The molecule has 2 atom stereocenters. The summed E-state index contributed by atoms with van der Waals surface area (Å²) in [5.74, 6) is -0.398. The molecule has 0 aromatic heterocycles. The van der Waals surface area contributed by atoms with E-state index in [-0.39, 0.29) is 17.7 Å². The van der Waals surface area contributed by atoms with Crippen LogP contribution in [0.4, 0.5) is 4.39 Å². The summed E-state index contributed by atoms with van der Waals surface area (Å²) >= 11 is 0. The molecule has 1 aliphatic carbocycles. The van der Waals surface area contributed by atoms with E-state index in [2.05, 4.69) is 17.4 Å². The molecule has 0 bridgehead atoms. The molecule has 0 radical (unpaired) electrons. The van der Waals surface area contributed by atoms with E-state index in [1.165, 1.54) is 35.4 Å². The van der Waals surface area contributed by atoms with Crippen LogP contribution in [0.15, 0.2) is 48.5 Å². The van der Waals surface area contributed by atoms with Gasteiger partial charge < -0.3 is 5.32 Å². The van der Waals surface area contributed by atoms with Gasteiger partial charge in [0, 0.05) is 7.05 Å². The lowest BCUT2D eigenvalue weighted by Crippen LogP contribution is -2.62. The molecule has 0 spiro atoms. The van der Waals surface area contributed by atoms with Gasteiger partial charge in [-0.25, -0.2) is 4.39 Å². The minimum Gasteiger partial charge on any atom is -0.346 e. The average molecular weight is 351 g/mol. The topological polar surface area (TPSA) is 56.2 Å². The molecule has 4 nitrogen and oxygen atoms in total. The highest BCUT2D eigenvalue weighted by atomic mass is 19.1. The Hall–Kier alpha value is -2.69. The van der Waals surface area contributed by atoms with Crippen molar-refractivity contribution in [2.24, 2.45) is 0 Å². The van der Waals surface area contributed by atoms with E-state index >= 15 is 0 Å². The van der Waals surface area contributed by atoms with E-state index < -0.39 is 11.5 Å². The third kappa shape index (κ3) is 2.68. The Morgan fingerprint density at radius 3 is 2.42 bits per heavy atom. The van der Waals surface area contributed by atoms with Gasteiger partial charge in [-0.15, -0.1) is 0 Å². The third-order valence-electron chi connectivity index (χ3n) is 5.61. The second-order valence-corrected chi connectivity index (χ2v) is 7.46. The lowest BCUT2D eigenvalue weighted by atomic mass is 9.73. The highest BCUT2D eigenvalue weighted by Crippen LogP contribution is 2.43. The summed E-state index contributed by atoms with van der Waals surface area (Å²) in [5, 5.41) is 11.3. The van der Waals surface area contributed by atoms with Crippen LogP contribution in [0.25, 0.3) is 0 Å². The molecule has 2 fully saturated rings. The molecule has 2 aromatic rings. The SMILES string of the molecule is CN1C(=N)N[C@](C)(c2cccc(F)c2)[C@@H](c2ccc(C3CC3)cc2)C1=O. The number of hydrogen-bond donors (Lipinski definition) is 2. The van der Waals surface area contributed by atoms with Gasteiger partial charge in [0.1, 0.15) is 5.82 Å². The van der Waals surface area contributed by atoms with Crippen LogP contribution in [0.1, 0.15) is 48.3 Å². The second kappa shape index (κ2) is 5.94. The van der Waals surface area contributed by atoms with Crippen molar-refractivity contribution in [1.29, 1.82) is 5.41 Å². The standard InChI is InChI=1S/C21H22FN3O/c1-21(16-4-3-5-17(22)12-16)18(19(26)25(2)20(23)24-21)15-10-8-14(9-11-15)13-6-7-13/h3-5,8-13,18H,6-7H2,1-2H3,(H2,23,24)/t18-,21+/m0/s1. The van der Waals surface area contributed by atoms with Crippen LogP contribution in [0.5, 0.6) is 0 Å². The van der Waals surface area contributed by atoms with Crippen LogP contribution in [0.3, 0.4) is 0 Å². The predicted octanol–water partition coefficient (Wildman–Crippen LogP) is 3.70. The summed E-state index contributed by atoms with van der Waals surface area (Å²) in [6, 6.07) is 14.4. The maximum atomic E-state index is 13.9. The molecule has 2 N–H and O–H groups in total. The highest BCUT2D eigenvalue weighted by molar-refractivity contribution is 6.02. The summed E-state index contributed by atoms with van der Waals surface area (Å²) in [4.78, 5) is 14.4. The number of guanidine groups is 1. The number of benzene rings is 2. The fourth-order valence-electron chi connectivity index (χ4n) is 3.86. The number of nitrogens with zero attached hydrogens (tertiary/aromatic N) is 1. The zero-order chi connectivity index (χ0) is 18.5. The molecule has 2 aromatic carbocycles. The van der Waals surface area contributed by atoms with Gasteiger partial charge in [-0.05, 0) is 54.5 Å². The molecule has 2 aliphatic rings. The lowest BCUT2D eigenvalue weighted by Gasteiger charge is -2.46. The molecule has 1 saturated carbocycles. The molecule has 4 rings (SSSR count). The fourth-order valence-corrected chi connectivity index (χ4v) is 3.86. The zero-order valence-electron chi connectivity index (χ0n) is 14.9. The molecule has 1 amide bonds. The molecule has 5 heteroatoms. The van der Waals surface area contributed by atoms with E-state index in [9.17, 15) is 9.18 Å². The van der Waals surface area contributed by atoms with E-state index in [0.717, 1.165) is 5.56 Å². The number of halogens is 1. The minimum absolute atomic E-state index is 0.0209. The first kappa shape index (κ1) is 16.8. The van der Waals surface area contributed by atoms with Gasteiger partial charge in [-0.2, -0.15) is 0 Å². The average Bonchev–Trinajstić information content (AvgIpc) is 3.46. The Labute approximate surface area is 152 Å². The number of amides is 1. The largest absolute Gasteiger partial charge is 0.346 e. The third-order valence-corrected chi connectivity index (χ3v) is 5.61. The van der Waals surface area contributed by atoms with Gasteiger partial charge in [-0.3, -0.25) is 15.1 Å². The number of carbonyl (C=O) groups excluding carboxylic acids is 1. The van der Waals surface area contributed by atoms with Gasteiger partial charge in [0.25, 0.3) is 0 Å². The smallest absolute Gasteiger partial charge is 0.239 e. The van der Waals surface area contributed by atoms with Gasteiger partial charge in [-0.1, -0.05) is 36.4 Å². The van der Waals surface area contributed by atoms with Crippen molar-refractivity contribution in [3.63, 3.8) is 0 Å². The maximum Gasteiger partial charge on any atom is 0.239 e. The number of rotatable bonds is 3. The summed E-state index contributed by atoms with van der Waals surface area (Å²) in [5.41, 5.74) is 1.93. The van der Waals surface area contributed by atoms with Crippen LogP contribution >= 0.6 is 0 Å². The molecular formula is C21H22FN3O. The molecule has 1 heterocycles. The Balaban J connectivity index is 1.80. The van der Waals surface area contributed by atoms with E-state index in [1.54, 1.807) is 19.2 Å². The maximum absolute atomic E-state index is 13.9. The number of likely N-dealkylation sites (N-methyl/N-ethyl adjacent to an activating group) is 1. The van der Waals surface area contributed by atoms with Crippen molar-refractivity contribution in [1.82, 2.24) is 10.2 Å². The van der Waals surface area contributed by atoms with Gasteiger partial charge >= 0.3 is 0 Å².